The number of nitrogens with zero attached hydrogens (tertiary/aromatic N) is 2. The number of aromatic nitrogens is 2. The van der Waals surface area contributed by atoms with Gasteiger partial charge >= 0.3 is 0 Å². The molecule has 1 heterocycles. The van der Waals surface area contributed by atoms with E-state index in [4.69, 9.17) is 0 Å². The second kappa shape index (κ2) is 6.70. The minimum atomic E-state index is -0.0971. The van der Waals surface area contributed by atoms with Gasteiger partial charge in [0.15, 0.2) is 0 Å². The molecule has 1 aromatic carbocycles. The van der Waals surface area contributed by atoms with Crippen LogP contribution >= 0.6 is 15.9 Å². The zero-order valence-electron chi connectivity index (χ0n) is 11.6. The van der Waals surface area contributed by atoms with Crippen LogP contribution in [0.25, 0.3) is 0 Å². The molecule has 0 aliphatic heterocycles. The van der Waals surface area contributed by atoms with Gasteiger partial charge in [-0.05, 0) is 18.1 Å². The van der Waals surface area contributed by atoms with Crippen molar-refractivity contribution in [2.45, 2.75) is 18.2 Å². The first-order chi connectivity index (χ1) is 9.61. The highest BCUT2D eigenvalue weighted by atomic mass is 79.9. The maximum absolute atomic E-state index is 12.1. The van der Waals surface area contributed by atoms with Crippen molar-refractivity contribution in [1.29, 1.82) is 0 Å². The summed E-state index contributed by atoms with van der Waals surface area (Å²) in [4.78, 5) is 12.2. The number of nitrogens with one attached hydrogen (secondary N) is 1. The van der Waals surface area contributed by atoms with E-state index >= 15 is 0 Å². The van der Waals surface area contributed by atoms with Crippen molar-refractivity contribution in [1.82, 2.24) is 15.1 Å². The normalized spacial score (nSPS) is 12.2. The van der Waals surface area contributed by atoms with E-state index in [9.17, 15) is 4.79 Å². The Morgan fingerprint density at radius 3 is 2.70 bits per heavy atom. The number of amides is 1. The summed E-state index contributed by atoms with van der Waals surface area (Å²) in [5.41, 5.74) is 2.66. The average molecular weight is 336 g/mol. The van der Waals surface area contributed by atoms with Crippen molar-refractivity contribution in [2.75, 3.05) is 6.54 Å². The third kappa shape index (κ3) is 3.48. The van der Waals surface area contributed by atoms with E-state index in [2.05, 4.69) is 26.3 Å². The Balaban J connectivity index is 1.96. The SMILES string of the molecule is CCc1cc(C(=O)NCC(Br)c2ccccc2)n(C)n1. The van der Waals surface area contributed by atoms with E-state index in [1.54, 1.807) is 11.7 Å². The predicted molar refractivity (Wildman–Crippen MR) is 83.0 cm³/mol. The molecule has 0 radical (unpaired) electrons. The largest absolute Gasteiger partial charge is 0.349 e. The molecule has 5 heteroatoms. The van der Waals surface area contributed by atoms with E-state index in [1.165, 1.54) is 0 Å². The topological polar surface area (TPSA) is 46.9 Å². The number of hydrogen-bond acceptors (Lipinski definition) is 2. The van der Waals surface area contributed by atoms with Crippen molar-refractivity contribution < 1.29 is 4.79 Å². The maximum Gasteiger partial charge on any atom is 0.269 e. The van der Waals surface area contributed by atoms with Crippen LogP contribution in [-0.2, 0) is 13.5 Å². The fraction of sp³-hybridized carbons (Fsp3) is 0.333. The Hall–Kier alpha value is -1.62. The molecule has 2 aromatic rings. The van der Waals surface area contributed by atoms with Gasteiger partial charge in [-0.15, -0.1) is 0 Å². The lowest BCUT2D eigenvalue weighted by atomic mass is 10.1. The Morgan fingerprint density at radius 1 is 1.40 bits per heavy atom. The monoisotopic (exact) mass is 335 g/mol. The molecule has 0 aliphatic carbocycles. The second-order valence-electron chi connectivity index (χ2n) is 4.59. The fourth-order valence-electron chi connectivity index (χ4n) is 1.96. The molecular formula is C15H18BrN3O. The van der Waals surface area contributed by atoms with Crippen LogP contribution in [0, 0.1) is 0 Å². The summed E-state index contributed by atoms with van der Waals surface area (Å²) in [6.07, 6.45) is 0.826. The summed E-state index contributed by atoms with van der Waals surface area (Å²) in [5, 5.41) is 7.21. The summed E-state index contributed by atoms with van der Waals surface area (Å²) < 4.78 is 1.62. The van der Waals surface area contributed by atoms with Gasteiger partial charge in [0.1, 0.15) is 5.69 Å². The number of carbonyl (C=O) groups excluding carboxylic acids is 1. The summed E-state index contributed by atoms with van der Waals surface area (Å²) >= 11 is 3.59. The van der Waals surface area contributed by atoms with Crippen LogP contribution in [0.4, 0.5) is 0 Å². The van der Waals surface area contributed by atoms with Crippen molar-refractivity contribution in [3.05, 3.63) is 53.3 Å². The molecular weight excluding hydrogens is 318 g/mol. The summed E-state index contributed by atoms with van der Waals surface area (Å²) in [7, 11) is 1.79. The molecule has 0 saturated carbocycles. The molecule has 1 amide bonds. The zero-order valence-corrected chi connectivity index (χ0v) is 13.2. The fourth-order valence-corrected chi connectivity index (χ4v) is 2.43. The molecule has 0 aliphatic rings. The van der Waals surface area contributed by atoms with Crippen molar-refractivity contribution >= 4 is 21.8 Å². The van der Waals surface area contributed by atoms with Crippen LogP contribution in [0.1, 0.15) is 33.5 Å². The van der Waals surface area contributed by atoms with Gasteiger partial charge in [0, 0.05) is 13.6 Å². The number of aryl methyl sites for hydroxylation is 2. The third-order valence-electron chi connectivity index (χ3n) is 3.13. The maximum atomic E-state index is 12.1. The van der Waals surface area contributed by atoms with Crippen LogP contribution in [-0.4, -0.2) is 22.2 Å². The van der Waals surface area contributed by atoms with Gasteiger partial charge in [-0.2, -0.15) is 5.10 Å². The standard InChI is InChI=1S/C15H18BrN3O/c1-3-12-9-14(19(2)18-12)15(20)17-10-13(16)11-7-5-4-6-8-11/h4-9,13H,3,10H2,1-2H3,(H,17,20). The Kier molecular flexibility index (Phi) is 4.95. The number of rotatable bonds is 5. The summed E-state index contributed by atoms with van der Waals surface area (Å²) in [6, 6.07) is 11.8. The minimum absolute atomic E-state index is 0.0971. The van der Waals surface area contributed by atoms with Crippen LogP contribution < -0.4 is 5.32 Å². The van der Waals surface area contributed by atoms with Gasteiger partial charge in [-0.1, -0.05) is 53.2 Å². The Bertz CT molecular complexity index is 580. The Labute approximate surface area is 127 Å². The van der Waals surface area contributed by atoms with Gasteiger partial charge < -0.3 is 5.32 Å². The van der Waals surface area contributed by atoms with Gasteiger partial charge in [-0.3, -0.25) is 9.48 Å². The molecule has 1 aromatic heterocycles. The predicted octanol–water partition coefficient (Wildman–Crippen LogP) is 2.85. The van der Waals surface area contributed by atoms with Crippen LogP contribution in [0.2, 0.25) is 0 Å². The average Bonchev–Trinajstić information content (AvgIpc) is 2.86. The lowest BCUT2D eigenvalue weighted by Crippen LogP contribution is -2.28. The smallest absolute Gasteiger partial charge is 0.269 e. The van der Waals surface area contributed by atoms with Crippen molar-refractivity contribution in [3.63, 3.8) is 0 Å². The number of hydrogen-bond donors (Lipinski definition) is 1. The van der Waals surface area contributed by atoms with E-state index in [0.29, 0.717) is 12.2 Å². The molecule has 0 spiro atoms. The van der Waals surface area contributed by atoms with Crippen molar-refractivity contribution in [3.8, 4) is 0 Å². The highest BCUT2D eigenvalue weighted by Crippen LogP contribution is 2.21. The molecule has 2 rings (SSSR count). The van der Waals surface area contributed by atoms with Crippen LogP contribution in [0.5, 0.6) is 0 Å². The number of alkyl halides is 1. The highest BCUT2D eigenvalue weighted by molar-refractivity contribution is 9.09. The first-order valence-electron chi connectivity index (χ1n) is 6.62. The van der Waals surface area contributed by atoms with Gasteiger partial charge in [-0.25, -0.2) is 0 Å². The van der Waals surface area contributed by atoms with E-state index in [1.807, 2.05) is 43.3 Å². The van der Waals surface area contributed by atoms with E-state index in [-0.39, 0.29) is 10.7 Å². The number of halogens is 1. The molecule has 0 fully saturated rings. The molecule has 1 atom stereocenters. The summed E-state index contributed by atoms with van der Waals surface area (Å²) in [5.74, 6) is -0.0971. The third-order valence-corrected chi connectivity index (χ3v) is 3.98. The quantitative estimate of drug-likeness (QED) is 0.854. The molecule has 0 bridgehead atoms. The van der Waals surface area contributed by atoms with Crippen LogP contribution in [0.15, 0.2) is 36.4 Å². The molecule has 1 N–H and O–H groups in total. The van der Waals surface area contributed by atoms with E-state index in [0.717, 1.165) is 17.7 Å². The number of benzene rings is 1. The molecule has 1 unspecified atom stereocenters. The minimum Gasteiger partial charge on any atom is -0.349 e. The van der Waals surface area contributed by atoms with E-state index < -0.39 is 0 Å². The lowest BCUT2D eigenvalue weighted by Gasteiger charge is -2.11. The van der Waals surface area contributed by atoms with Crippen LogP contribution in [0.3, 0.4) is 0 Å². The zero-order chi connectivity index (χ0) is 14.5. The molecule has 4 nitrogen and oxygen atoms in total. The van der Waals surface area contributed by atoms with Crippen molar-refractivity contribution in [2.24, 2.45) is 7.05 Å². The lowest BCUT2D eigenvalue weighted by molar-refractivity contribution is 0.0944. The molecule has 20 heavy (non-hydrogen) atoms. The highest BCUT2D eigenvalue weighted by Gasteiger charge is 2.14. The number of carbonyl (C=O) groups is 1. The van der Waals surface area contributed by atoms with Gasteiger partial charge in [0.05, 0.1) is 10.5 Å². The second-order valence-corrected chi connectivity index (χ2v) is 5.69. The molecule has 106 valence electrons. The van der Waals surface area contributed by atoms with Gasteiger partial charge in [0.2, 0.25) is 0 Å². The molecule has 0 saturated heterocycles. The summed E-state index contributed by atoms with van der Waals surface area (Å²) in [6.45, 7) is 2.56. The first kappa shape index (κ1) is 14.8. The first-order valence-corrected chi connectivity index (χ1v) is 7.53. The Morgan fingerprint density at radius 2 is 2.10 bits per heavy atom. The van der Waals surface area contributed by atoms with Gasteiger partial charge in [0.25, 0.3) is 5.91 Å².